The Kier molecular flexibility index (Phi) is 4.90. The smallest absolute Gasteiger partial charge is 0.227 e. The Morgan fingerprint density at radius 1 is 1.21 bits per heavy atom. The lowest BCUT2D eigenvalue weighted by Gasteiger charge is -2.16. The van der Waals surface area contributed by atoms with Gasteiger partial charge in [0, 0.05) is 28.3 Å². The van der Waals surface area contributed by atoms with E-state index in [2.05, 4.69) is 16.5 Å². The monoisotopic (exact) mass is 376 g/mol. The first-order valence-electron chi connectivity index (χ1n) is 9.67. The number of nitrogens with zero attached hydrogens (tertiary/aromatic N) is 1. The average Bonchev–Trinajstić information content (AvgIpc) is 3.17. The number of fused-ring (bicyclic) bond motifs is 3. The number of aromatic nitrogens is 1. The fourth-order valence-corrected chi connectivity index (χ4v) is 3.53. The molecule has 4 rings (SSSR count). The third-order valence-corrected chi connectivity index (χ3v) is 5.47. The minimum absolute atomic E-state index is 0.000313. The summed E-state index contributed by atoms with van der Waals surface area (Å²) in [5.74, 6) is 1.70. The Labute approximate surface area is 164 Å². The number of aryl methyl sites for hydroxylation is 1. The van der Waals surface area contributed by atoms with Crippen LogP contribution in [-0.4, -0.2) is 18.2 Å². The molecule has 0 spiro atoms. The molecule has 144 valence electrons. The normalized spacial score (nSPS) is 13.4. The van der Waals surface area contributed by atoms with E-state index in [4.69, 9.17) is 9.26 Å². The Bertz CT molecular complexity index is 1010. The van der Waals surface area contributed by atoms with Gasteiger partial charge in [-0.1, -0.05) is 19.0 Å². The maximum Gasteiger partial charge on any atom is 0.227 e. The van der Waals surface area contributed by atoms with Gasteiger partial charge in [-0.25, -0.2) is 0 Å². The topological polar surface area (TPSA) is 64.4 Å². The molecule has 3 aromatic rings. The first-order chi connectivity index (χ1) is 13.6. The van der Waals surface area contributed by atoms with Crippen molar-refractivity contribution in [2.45, 2.75) is 33.1 Å². The molecule has 1 amide bonds. The van der Waals surface area contributed by atoms with E-state index in [1.807, 2.05) is 50.2 Å². The van der Waals surface area contributed by atoms with Crippen LogP contribution in [0.5, 0.6) is 5.75 Å². The van der Waals surface area contributed by atoms with E-state index in [0.29, 0.717) is 0 Å². The summed E-state index contributed by atoms with van der Waals surface area (Å²) >= 11 is 0. The van der Waals surface area contributed by atoms with Crippen molar-refractivity contribution < 1.29 is 14.1 Å². The van der Waals surface area contributed by atoms with Crippen LogP contribution >= 0.6 is 0 Å². The predicted octanol–water partition coefficient (Wildman–Crippen LogP) is 5.10. The molecule has 5 nitrogen and oxygen atoms in total. The second kappa shape index (κ2) is 7.50. The SMILES string of the molecule is CC[C@H](C)C(=O)Nc1ccc(-c2onc3c2CCc2cc(OC)ccc2-3)cc1. The third kappa shape index (κ3) is 3.28. The summed E-state index contributed by atoms with van der Waals surface area (Å²) in [4.78, 5) is 12.1. The summed E-state index contributed by atoms with van der Waals surface area (Å²) in [6.07, 6.45) is 2.62. The van der Waals surface area contributed by atoms with Crippen LogP contribution in [0.2, 0.25) is 0 Å². The Morgan fingerprint density at radius 3 is 2.71 bits per heavy atom. The van der Waals surface area contributed by atoms with Crippen LogP contribution in [0.15, 0.2) is 47.0 Å². The lowest BCUT2D eigenvalue weighted by Crippen LogP contribution is -2.19. The average molecular weight is 376 g/mol. The fourth-order valence-electron chi connectivity index (χ4n) is 3.53. The summed E-state index contributed by atoms with van der Waals surface area (Å²) in [7, 11) is 1.68. The molecule has 1 heterocycles. The number of hydrogen-bond donors (Lipinski definition) is 1. The number of methoxy groups -OCH3 is 1. The van der Waals surface area contributed by atoms with E-state index >= 15 is 0 Å². The van der Waals surface area contributed by atoms with Gasteiger partial charge in [-0.15, -0.1) is 0 Å². The van der Waals surface area contributed by atoms with Crippen LogP contribution in [0, 0.1) is 5.92 Å². The van der Waals surface area contributed by atoms with Gasteiger partial charge < -0.3 is 14.6 Å². The molecule has 1 atom stereocenters. The molecule has 0 saturated heterocycles. The first kappa shape index (κ1) is 18.3. The maximum absolute atomic E-state index is 12.1. The second-order valence-corrected chi connectivity index (χ2v) is 7.24. The number of carbonyl (C=O) groups is 1. The highest BCUT2D eigenvalue weighted by atomic mass is 16.5. The van der Waals surface area contributed by atoms with E-state index in [1.54, 1.807) is 7.11 Å². The van der Waals surface area contributed by atoms with Gasteiger partial charge in [0.15, 0.2) is 5.76 Å². The van der Waals surface area contributed by atoms with Crippen LogP contribution in [0.3, 0.4) is 0 Å². The van der Waals surface area contributed by atoms with Crippen LogP contribution in [0.25, 0.3) is 22.6 Å². The van der Waals surface area contributed by atoms with E-state index < -0.39 is 0 Å². The number of carbonyl (C=O) groups excluding carboxylic acids is 1. The molecule has 1 aliphatic carbocycles. The lowest BCUT2D eigenvalue weighted by molar-refractivity contribution is -0.119. The van der Waals surface area contributed by atoms with Crippen molar-refractivity contribution in [1.82, 2.24) is 5.16 Å². The highest BCUT2D eigenvalue weighted by molar-refractivity contribution is 5.92. The van der Waals surface area contributed by atoms with Crippen molar-refractivity contribution in [3.63, 3.8) is 0 Å². The zero-order valence-corrected chi connectivity index (χ0v) is 16.4. The summed E-state index contributed by atoms with van der Waals surface area (Å²) in [6, 6.07) is 13.8. The lowest BCUT2D eigenvalue weighted by atomic mass is 9.88. The van der Waals surface area contributed by atoms with Gasteiger partial charge in [-0.2, -0.15) is 0 Å². The highest BCUT2D eigenvalue weighted by Crippen LogP contribution is 2.39. The van der Waals surface area contributed by atoms with Crippen LogP contribution in [0.1, 0.15) is 31.4 Å². The molecule has 0 fully saturated rings. The van der Waals surface area contributed by atoms with Crippen molar-refractivity contribution in [2.24, 2.45) is 5.92 Å². The molecule has 0 unspecified atom stereocenters. The molecule has 5 heteroatoms. The minimum Gasteiger partial charge on any atom is -0.497 e. The van der Waals surface area contributed by atoms with E-state index in [0.717, 1.165) is 58.8 Å². The maximum atomic E-state index is 12.1. The van der Waals surface area contributed by atoms with Gasteiger partial charge in [0.25, 0.3) is 0 Å². The summed E-state index contributed by atoms with van der Waals surface area (Å²) < 4.78 is 11.1. The highest BCUT2D eigenvalue weighted by Gasteiger charge is 2.25. The van der Waals surface area contributed by atoms with Crippen LogP contribution < -0.4 is 10.1 Å². The zero-order chi connectivity index (χ0) is 19.7. The number of benzene rings is 2. The molecule has 1 aliphatic rings. The van der Waals surface area contributed by atoms with Crippen molar-refractivity contribution in [2.75, 3.05) is 12.4 Å². The molecule has 1 N–H and O–H groups in total. The first-order valence-corrected chi connectivity index (χ1v) is 9.67. The summed E-state index contributed by atoms with van der Waals surface area (Å²) in [5.41, 5.74) is 6.14. The Balaban J connectivity index is 1.60. The number of anilines is 1. The predicted molar refractivity (Wildman–Crippen MR) is 109 cm³/mol. The van der Waals surface area contributed by atoms with Crippen LogP contribution in [0.4, 0.5) is 5.69 Å². The molecular formula is C23H24N2O3. The van der Waals surface area contributed by atoms with Gasteiger partial charge >= 0.3 is 0 Å². The molecule has 0 aliphatic heterocycles. The van der Waals surface area contributed by atoms with E-state index in [9.17, 15) is 4.79 Å². The molecular weight excluding hydrogens is 352 g/mol. The fraction of sp³-hybridized carbons (Fsp3) is 0.304. The van der Waals surface area contributed by atoms with Gasteiger partial charge in [-0.3, -0.25) is 4.79 Å². The molecule has 0 saturated carbocycles. The van der Waals surface area contributed by atoms with Gasteiger partial charge in [0.1, 0.15) is 11.4 Å². The standard InChI is InChI=1S/C23H24N2O3/c1-4-14(2)23(26)24-17-8-5-15(6-9-17)22-20-11-7-16-13-18(27-3)10-12-19(16)21(20)25-28-22/h5-6,8-10,12-14H,4,7,11H2,1-3H3,(H,24,26)/t14-/m0/s1. The molecule has 1 aromatic heterocycles. The van der Waals surface area contributed by atoms with Crippen LogP contribution in [-0.2, 0) is 17.6 Å². The number of ether oxygens (including phenoxy) is 1. The molecule has 2 aromatic carbocycles. The van der Waals surface area contributed by atoms with Crippen molar-refractivity contribution in [1.29, 1.82) is 0 Å². The van der Waals surface area contributed by atoms with Crippen molar-refractivity contribution in [3.05, 3.63) is 53.6 Å². The summed E-state index contributed by atoms with van der Waals surface area (Å²) in [5, 5.41) is 7.30. The quantitative estimate of drug-likeness (QED) is 0.673. The number of hydrogen-bond acceptors (Lipinski definition) is 4. The number of nitrogens with one attached hydrogen (secondary N) is 1. The molecule has 0 bridgehead atoms. The largest absolute Gasteiger partial charge is 0.497 e. The Morgan fingerprint density at radius 2 is 2.00 bits per heavy atom. The van der Waals surface area contributed by atoms with Gasteiger partial charge in [0.2, 0.25) is 5.91 Å². The van der Waals surface area contributed by atoms with Crippen molar-refractivity contribution >= 4 is 11.6 Å². The minimum atomic E-state index is -0.000313. The molecule has 0 radical (unpaired) electrons. The van der Waals surface area contributed by atoms with E-state index in [-0.39, 0.29) is 11.8 Å². The third-order valence-electron chi connectivity index (χ3n) is 5.47. The van der Waals surface area contributed by atoms with Gasteiger partial charge in [0.05, 0.1) is 7.11 Å². The van der Waals surface area contributed by atoms with Crippen molar-refractivity contribution in [3.8, 4) is 28.3 Å². The summed E-state index contributed by atoms with van der Waals surface area (Å²) in [6.45, 7) is 3.94. The number of rotatable bonds is 5. The Hall–Kier alpha value is -3.08. The number of amides is 1. The molecule has 28 heavy (non-hydrogen) atoms. The second-order valence-electron chi connectivity index (χ2n) is 7.24. The zero-order valence-electron chi connectivity index (χ0n) is 16.4. The van der Waals surface area contributed by atoms with Gasteiger partial charge in [-0.05, 0) is 67.3 Å². The van der Waals surface area contributed by atoms with E-state index in [1.165, 1.54) is 5.56 Å².